The summed E-state index contributed by atoms with van der Waals surface area (Å²) in [4.78, 5) is 29.4. The van der Waals surface area contributed by atoms with Crippen molar-refractivity contribution in [1.29, 1.82) is 0 Å². The summed E-state index contributed by atoms with van der Waals surface area (Å²) in [7, 11) is 0. The van der Waals surface area contributed by atoms with Gasteiger partial charge >= 0.3 is 6.18 Å². The quantitative estimate of drug-likeness (QED) is 0.568. The van der Waals surface area contributed by atoms with Gasteiger partial charge in [-0.2, -0.15) is 13.2 Å². The van der Waals surface area contributed by atoms with Gasteiger partial charge in [0.2, 0.25) is 5.88 Å². The summed E-state index contributed by atoms with van der Waals surface area (Å²) in [5.74, 6) is -4.36. The Bertz CT molecular complexity index is 1280. The molecule has 6 nitrogen and oxygen atoms in total. The van der Waals surface area contributed by atoms with Gasteiger partial charge < -0.3 is 15.4 Å². The fourth-order valence-corrected chi connectivity index (χ4v) is 3.42. The van der Waals surface area contributed by atoms with E-state index in [9.17, 15) is 31.5 Å². The van der Waals surface area contributed by atoms with E-state index in [0.717, 1.165) is 12.1 Å². The van der Waals surface area contributed by atoms with Crippen LogP contribution in [0.4, 0.5) is 22.0 Å². The number of amides is 2. The molecule has 1 aliphatic rings. The summed E-state index contributed by atoms with van der Waals surface area (Å²) in [5, 5.41) is 0. The standard InChI is InChI=1S/C22H14F5N3O3/c23-15-7-11(1-3-14(15)19(28)31)9-30-10-12-5-6-29-20(18(12)21(30)32)33-17-4-2-13(8-16(17)24)22(25,26)27/h1-8H,9-10H2,(H2,28,31). The van der Waals surface area contributed by atoms with Gasteiger partial charge in [-0.3, -0.25) is 9.59 Å². The number of primary amides is 1. The molecule has 0 aliphatic carbocycles. The van der Waals surface area contributed by atoms with E-state index in [1.165, 1.54) is 23.2 Å². The second kappa shape index (κ2) is 8.15. The van der Waals surface area contributed by atoms with E-state index < -0.39 is 40.9 Å². The number of halogens is 5. The van der Waals surface area contributed by atoms with Crippen molar-refractivity contribution < 1.29 is 36.3 Å². The third kappa shape index (κ3) is 4.34. The maximum atomic E-state index is 14.2. The van der Waals surface area contributed by atoms with Gasteiger partial charge in [-0.05, 0) is 47.5 Å². The van der Waals surface area contributed by atoms with Crippen LogP contribution >= 0.6 is 0 Å². The number of hydrogen-bond donors (Lipinski definition) is 1. The third-order valence-corrected chi connectivity index (χ3v) is 5.00. The minimum Gasteiger partial charge on any atom is -0.435 e. The van der Waals surface area contributed by atoms with Crippen LogP contribution in [-0.4, -0.2) is 21.7 Å². The Morgan fingerprint density at radius 3 is 2.48 bits per heavy atom. The molecule has 2 N–H and O–H groups in total. The molecule has 2 amide bonds. The van der Waals surface area contributed by atoms with Gasteiger partial charge in [-0.25, -0.2) is 13.8 Å². The summed E-state index contributed by atoms with van der Waals surface area (Å²) < 4.78 is 71.8. The molecule has 2 heterocycles. The zero-order valence-corrected chi connectivity index (χ0v) is 16.6. The Morgan fingerprint density at radius 1 is 1.09 bits per heavy atom. The molecule has 0 fully saturated rings. The first-order valence-corrected chi connectivity index (χ1v) is 9.44. The molecular formula is C22H14F5N3O3. The largest absolute Gasteiger partial charge is 0.435 e. The highest BCUT2D eigenvalue weighted by Crippen LogP contribution is 2.36. The molecule has 0 radical (unpaired) electrons. The number of carbonyl (C=O) groups excluding carboxylic acids is 2. The third-order valence-electron chi connectivity index (χ3n) is 5.00. The van der Waals surface area contributed by atoms with E-state index >= 15 is 0 Å². The number of nitrogens with two attached hydrogens (primary N) is 1. The van der Waals surface area contributed by atoms with Crippen molar-refractivity contribution in [2.24, 2.45) is 5.73 Å². The highest BCUT2D eigenvalue weighted by Gasteiger charge is 2.34. The predicted molar refractivity (Wildman–Crippen MR) is 104 cm³/mol. The molecule has 0 saturated carbocycles. The molecule has 33 heavy (non-hydrogen) atoms. The van der Waals surface area contributed by atoms with Crippen molar-refractivity contribution in [2.75, 3.05) is 0 Å². The number of alkyl halides is 3. The normalized spacial score (nSPS) is 13.2. The van der Waals surface area contributed by atoms with Gasteiger partial charge in [0.05, 0.1) is 11.1 Å². The zero-order chi connectivity index (χ0) is 23.9. The van der Waals surface area contributed by atoms with Crippen LogP contribution < -0.4 is 10.5 Å². The van der Waals surface area contributed by atoms with Crippen LogP contribution in [0.3, 0.4) is 0 Å². The molecule has 4 rings (SSSR count). The van der Waals surface area contributed by atoms with E-state index in [4.69, 9.17) is 10.5 Å². The molecule has 0 atom stereocenters. The van der Waals surface area contributed by atoms with E-state index in [2.05, 4.69) is 4.98 Å². The van der Waals surface area contributed by atoms with E-state index in [1.54, 1.807) is 6.07 Å². The fourth-order valence-electron chi connectivity index (χ4n) is 3.42. The Hall–Kier alpha value is -4.02. The minimum atomic E-state index is -4.73. The number of carbonyl (C=O) groups is 2. The van der Waals surface area contributed by atoms with Crippen molar-refractivity contribution in [3.05, 3.63) is 88.1 Å². The maximum Gasteiger partial charge on any atom is 0.416 e. The topological polar surface area (TPSA) is 85.5 Å². The number of nitrogens with zero attached hydrogens (tertiary/aromatic N) is 2. The maximum absolute atomic E-state index is 14.2. The average Bonchev–Trinajstić information content (AvgIpc) is 3.05. The molecule has 2 aromatic carbocycles. The van der Waals surface area contributed by atoms with Crippen molar-refractivity contribution in [1.82, 2.24) is 9.88 Å². The summed E-state index contributed by atoms with van der Waals surface area (Å²) in [6.45, 7) is 0.0965. The van der Waals surface area contributed by atoms with E-state index in [-0.39, 0.29) is 36.2 Å². The van der Waals surface area contributed by atoms with Gasteiger partial charge in [0.25, 0.3) is 11.8 Å². The van der Waals surface area contributed by atoms with Gasteiger partial charge in [0.1, 0.15) is 11.4 Å². The van der Waals surface area contributed by atoms with Crippen LogP contribution in [0.2, 0.25) is 0 Å². The molecule has 0 bridgehead atoms. The van der Waals surface area contributed by atoms with Crippen LogP contribution in [0.5, 0.6) is 11.6 Å². The van der Waals surface area contributed by atoms with Gasteiger partial charge in [0.15, 0.2) is 11.6 Å². The molecule has 1 aliphatic heterocycles. The monoisotopic (exact) mass is 463 g/mol. The second-order valence-electron chi connectivity index (χ2n) is 7.23. The first-order valence-electron chi connectivity index (χ1n) is 9.44. The molecule has 0 spiro atoms. The first kappa shape index (κ1) is 22.2. The van der Waals surface area contributed by atoms with Gasteiger partial charge in [-0.1, -0.05) is 6.07 Å². The lowest BCUT2D eigenvalue weighted by molar-refractivity contribution is -0.137. The molecule has 0 saturated heterocycles. The average molecular weight is 463 g/mol. The number of ether oxygens (including phenoxy) is 1. The number of rotatable bonds is 5. The lowest BCUT2D eigenvalue weighted by atomic mass is 10.1. The molecule has 0 unspecified atom stereocenters. The van der Waals surface area contributed by atoms with Gasteiger partial charge in [0, 0.05) is 19.3 Å². The van der Waals surface area contributed by atoms with E-state index in [1.807, 2.05) is 0 Å². The van der Waals surface area contributed by atoms with E-state index in [0.29, 0.717) is 17.2 Å². The minimum absolute atomic E-state index is 0.0163. The second-order valence-corrected chi connectivity index (χ2v) is 7.23. The number of pyridine rings is 1. The zero-order valence-electron chi connectivity index (χ0n) is 16.6. The smallest absolute Gasteiger partial charge is 0.416 e. The predicted octanol–water partition coefficient (Wildman–Crippen LogP) is 4.43. The molecule has 3 aromatic rings. The highest BCUT2D eigenvalue weighted by molar-refractivity contribution is 6.00. The van der Waals surface area contributed by atoms with Crippen LogP contribution in [-0.2, 0) is 19.3 Å². The lowest BCUT2D eigenvalue weighted by Crippen LogP contribution is -2.24. The van der Waals surface area contributed by atoms with Crippen LogP contribution in [0.1, 0.15) is 37.4 Å². The van der Waals surface area contributed by atoms with Gasteiger partial charge in [-0.15, -0.1) is 0 Å². The molecule has 170 valence electrons. The number of benzene rings is 2. The molecule has 1 aromatic heterocycles. The number of hydrogen-bond acceptors (Lipinski definition) is 4. The van der Waals surface area contributed by atoms with Crippen molar-refractivity contribution in [3.8, 4) is 11.6 Å². The fraction of sp³-hybridized carbons (Fsp3) is 0.136. The Balaban J connectivity index is 1.57. The lowest BCUT2D eigenvalue weighted by Gasteiger charge is -2.16. The molecule has 11 heteroatoms. The van der Waals surface area contributed by atoms with Crippen molar-refractivity contribution >= 4 is 11.8 Å². The number of aromatic nitrogens is 1. The van der Waals surface area contributed by atoms with Crippen LogP contribution in [0, 0.1) is 11.6 Å². The van der Waals surface area contributed by atoms with Crippen LogP contribution in [0.15, 0.2) is 48.7 Å². The Labute approximate surface area is 183 Å². The Morgan fingerprint density at radius 2 is 1.85 bits per heavy atom. The summed E-state index contributed by atoms with van der Waals surface area (Å²) in [6.07, 6.45) is -3.41. The van der Waals surface area contributed by atoms with Crippen LogP contribution in [0.25, 0.3) is 0 Å². The summed E-state index contributed by atoms with van der Waals surface area (Å²) >= 11 is 0. The summed E-state index contributed by atoms with van der Waals surface area (Å²) in [5.41, 5.74) is 4.52. The number of fused-ring (bicyclic) bond motifs is 1. The first-order chi connectivity index (χ1) is 15.5. The highest BCUT2D eigenvalue weighted by atomic mass is 19.4. The Kier molecular flexibility index (Phi) is 5.48. The SMILES string of the molecule is NC(=O)c1ccc(CN2Cc3ccnc(Oc4ccc(C(F)(F)F)cc4F)c3C2=O)cc1F. The summed E-state index contributed by atoms with van der Waals surface area (Å²) in [6, 6.07) is 7.04. The van der Waals surface area contributed by atoms with Crippen molar-refractivity contribution in [3.63, 3.8) is 0 Å². The molecular weight excluding hydrogens is 449 g/mol. The van der Waals surface area contributed by atoms with Crippen molar-refractivity contribution in [2.45, 2.75) is 19.3 Å².